The highest BCUT2D eigenvalue weighted by molar-refractivity contribution is 5.88. The van der Waals surface area contributed by atoms with Gasteiger partial charge >= 0.3 is 12.1 Å². The first-order chi connectivity index (χ1) is 11.9. The summed E-state index contributed by atoms with van der Waals surface area (Å²) in [6, 6.07) is 3.35. The molecule has 0 unspecified atom stereocenters. The fraction of sp³-hybridized carbons (Fsp3) is 0.450. The van der Waals surface area contributed by atoms with Gasteiger partial charge in [-0.05, 0) is 65.3 Å². The Balaban J connectivity index is 2.88. The number of nitrogens with zero attached hydrogens (tertiary/aromatic N) is 2. The molecule has 0 saturated heterocycles. The lowest BCUT2D eigenvalue weighted by molar-refractivity contribution is -0.148. The lowest BCUT2D eigenvalue weighted by Gasteiger charge is -2.25. The van der Waals surface area contributed by atoms with Crippen molar-refractivity contribution >= 4 is 24.0 Å². The third kappa shape index (κ3) is 7.84. The number of anilines is 1. The Hall–Kier alpha value is -2.81. The lowest BCUT2D eigenvalue weighted by atomic mass is 10.2. The second-order valence-electron chi connectivity index (χ2n) is 7.59. The van der Waals surface area contributed by atoms with Crippen molar-refractivity contribution in [2.45, 2.75) is 52.7 Å². The van der Waals surface area contributed by atoms with Gasteiger partial charge in [-0.2, -0.15) is 0 Å². The number of terminal acetylenes is 1. The minimum atomic E-state index is -0.639. The molecule has 1 rings (SSSR count). The average Bonchev–Trinajstić information content (AvgIpc) is 2.48. The number of carbonyl (C=O) groups is 2. The van der Waals surface area contributed by atoms with E-state index in [1.165, 1.54) is 17.2 Å². The van der Waals surface area contributed by atoms with Gasteiger partial charge in [-0.1, -0.05) is 5.92 Å². The van der Waals surface area contributed by atoms with E-state index in [4.69, 9.17) is 15.9 Å². The molecule has 26 heavy (non-hydrogen) atoms. The number of ether oxygens (including phenoxy) is 2. The molecule has 0 bridgehead atoms. The molecule has 0 N–H and O–H groups in total. The Morgan fingerprint density at radius 2 is 1.77 bits per heavy atom. The van der Waals surface area contributed by atoms with Crippen LogP contribution in [-0.4, -0.2) is 34.8 Å². The lowest BCUT2D eigenvalue weighted by Crippen LogP contribution is -2.37. The summed E-state index contributed by atoms with van der Waals surface area (Å²) in [6.45, 7) is 10.8. The number of amides is 1. The molecule has 0 aliphatic heterocycles. The second-order valence-corrected chi connectivity index (χ2v) is 7.59. The van der Waals surface area contributed by atoms with Gasteiger partial charge in [0.15, 0.2) is 0 Å². The van der Waals surface area contributed by atoms with Crippen molar-refractivity contribution in [2.24, 2.45) is 0 Å². The Morgan fingerprint density at radius 1 is 1.15 bits per heavy atom. The minimum Gasteiger partial charge on any atom is -0.457 e. The molecule has 6 nitrogen and oxygen atoms in total. The van der Waals surface area contributed by atoms with Crippen LogP contribution in [0.2, 0.25) is 0 Å². The predicted octanol–water partition coefficient (Wildman–Crippen LogP) is 3.81. The highest BCUT2D eigenvalue weighted by atomic mass is 16.6. The molecule has 0 radical (unpaired) electrons. The zero-order valence-electron chi connectivity index (χ0n) is 16.2. The highest BCUT2D eigenvalue weighted by Gasteiger charge is 2.23. The van der Waals surface area contributed by atoms with Crippen molar-refractivity contribution in [3.8, 4) is 12.3 Å². The van der Waals surface area contributed by atoms with E-state index in [9.17, 15) is 9.59 Å². The van der Waals surface area contributed by atoms with Gasteiger partial charge in [0.25, 0.3) is 0 Å². The number of rotatable bonds is 4. The van der Waals surface area contributed by atoms with Gasteiger partial charge < -0.3 is 9.47 Å². The largest absolute Gasteiger partial charge is 0.457 e. The van der Waals surface area contributed by atoms with E-state index in [2.05, 4.69) is 10.9 Å². The van der Waals surface area contributed by atoms with E-state index >= 15 is 0 Å². The van der Waals surface area contributed by atoms with Crippen LogP contribution in [0.3, 0.4) is 0 Å². The average molecular weight is 358 g/mol. The van der Waals surface area contributed by atoms with Crippen LogP contribution >= 0.6 is 0 Å². The van der Waals surface area contributed by atoms with Crippen LogP contribution in [-0.2, 0) is 14.3 Å². The van der Waals surface area contributed by atoms with Gasteiger partial charge in [0.05, 0.1) is 6.54 Å². The highest BCUT2D eigenvalue weighted by Crippen LogP contribution is 2.17. The van der Waals surface area contributed by atoms with E-state index < -0.39 is 23.3 Å². The van der Waals surface area contributed by atoms with Crippen molar-refractivity contribution in [3.63, 3.8) is 0 Å². The van der Waals surface area contributed by atoms with Gasteiger partial charge in [-0.15, -0.1) is 6.42 Å². The van der Waals surface area contributed by atoms with Crippen LogP contribution in [0.15, 0.2) is 24.4 Å². The molecule has 140 valence electrons. The first kappa shape index (κ1) is 21.2. The Kier molecular flexibility index (Phi) is 6.96. The minimum absolute atomic E-state index is 0.0367. The molecule has 0 aromatic carbocycles. The van der Waals surface area contributed by atoms with Crippen molar-refractivity contribution < 1.29 is 19.1 Å². The molecule has 0 saturated carbocycles. The maximum Gasteiger partial charge on any atom is 0.416 e. The number of hydrogen-bond acceptors (Lipinski definition) is 5. The third-order valence-corrected chi connectivity index (χ3v) is 2.73. The first-order valence-electron chi connectivity index (χ1n) is 8.22. The van der Waals surface area contributed by atoms with Gasteiger partial charge in [-0.25, -0.2) is 19.5 Å². The van der Waals surface area contributed by atoms with Crippen molar-refractivity contribution in [1.82, 2.24) is 4.98 Å². The third-order valence-electron chi connectivity index (χ3n) is 2.73. The normalized spacial score (nSPS) is 11.7. The van der Waals surface area contributed by atoms with E-state index in [1.807, 2.05) is 0 Å². The second kappa shape index (κ2) is 8.52. The summed E-state index contributed by atoms with van der Waals surface area (Å²) in [5.41, 5.74) is -0.503. The van der Waals surface area contributed by atoms with Gasteiger partial charge in [0.1, 0.15) is 17.0 Å². The summed E-state index contributed by atoms with van der Waals surface area (Å²) in [4.78, 5) is 29.5. The topological polar surface area (TPSA) is 68.7 Å². The molecule has 1 aromatic heterocycles. The van der Waals surface area contributed by atoms with Crippen LogP contribution in [0.4, 0.5) is 10.6 Å². The van der Waals surface area contributed by atoms with Gasteiger partial charge in [-0.3, -0.25) is 0 Å². The van der Waals surface area contributed by atoms with Crippen molar-refractivity contribution in [1.29, 1.82) is 0 Å². The zero-order valence-corrected chi connectivity index (χ0v) is 16.2. The molecular formula is C20H26N2O4. The molecular weight excluding hydrogens is 332 g/mol. The van der Waals surface area contributed by atoms with E-state index in [1.54, 1.807) is 59.8 Å². The fourth-order valence-electron chi connectivity index (χ4n) is 1.80. The van der Waals surface area contributed by atoms with Crippen LogP contribution in [0.1, 0.15) is 47.1 Å². The molecule has 0 aliphatic rings. The van der Waals surface area contributed by atoms with Crippen LogP contribution < -0.4 is 4.90 Å². The maximum atomic E-state index is 12.3. The predicted molar refractivity (Wildman–Crippen MR) is 102 cm³/mol. The molecule has 0 aliphatic carbocycles. The Bertz CT molecular complexity index is 701. The van der Waals surface area contributed by atoms with Crippen LogP contribution in [0.5, 0.6) is 0 Å². The molecule has 0 fully saturated rings. The van der Waals surface area contributed by atoms with Gasteiger partial charge in [0.2, 0.25) is 0 Å². The maximum absolute atomic E-state index is 12.3. The summed E-state index contributed by atoms with van der Waals surface area (Å²) in [5, 5.41) is 0. The Morgan fingerprint density at radius 3 is 2.23 bits per heavy atom. The molecule has 1 aromatic rings. The summed E-state index contributed by atoms with van der Waals surface area (Å²) in [5.74, 6) is 2.35. The number of carbonyl (C=O) groups excluding carboxylic acids is 2. The molecule has 0 spiro atoms. The fourth-order valence-corrected chi connectivity index (χ4v) is 1.80. The number of hydrogen-bond donors (Lipinski definition) is 0. The number of aromatic nitrogens is 1. The monoisotopic (exact) mass is 358 g/mol. The standard InChI is InChI=1S/C20H26N2O4/c1-8-13-22(18(24)26-20(5,6)7)16-11-9-15(14-21-16)10-12-17(23)25-19(2,3)4/h1,9-12,14H,13H2,2-7H3/b12-10+. The quantitative estimate of drug-likeness (QED) is 0.465. The smallest absolute Gasteiger partial charge is 0.416 e. The van der Waals surface area contributed by atoms with E-state index in [-0.39, 0.29) is 6.54 Å². The SMILES string of the molecule is C#CCN(C(=O)OC(C)(C)C)c1ccc(/C=C/C(=O)OC(C)(C)C)cn1. The molecule has 0 atom stereocenters. The van der Waals surface area contributed by atoms with Crippen LogP contribution in [0.25, 0.3) is 6.08 Å². The van der Waals surface area contributed by atoms with Crippen molar-refractivity contribution in [3.05, 3.63) is 30.0 Å². The number of esters is 1. The van der Waals surface area contributed by atoms with Crippen molar-refractivity contribution in [2.75, 3.05) is 11.4 Å². The van der Waals surface area contributed by atoms with Gasteiger partial charge in [0, 0.05) is 12.3 Å². The summed E-state index contributed by atoms with van der Waals surface area (Å²) in [6.07, 6.45) is 9.22. The van der Waals surface area contributed by atoms with E-state index in [0.29, 0.717) is 11.4 Å². The summed E-state index contributed by atoms with van der Waals surface area (Å²) < 4.78 is 10.5. The first-order valence-corrected chi connectivity index (χ1v) is 8.22. The summed E-state index contributed by atoms with van der Waals surface area (Å²) in [7, 11) is 0. The zero-order chi connectivity index (χ0) is 20.0. The van der Waals surface area contributed by atoms with E-state index in [0.717, 1.165) is 0 Å². The van der Waals surface area contributed by atoms with Crippen LogP contribution in [0, 0.1) is 12.3 Å². The molecule has 1 heterocycles. The Labute approximate surface area is 155 Å². The number of pyridine rings is 1. The molecule has 6 heteroatoms. The molecule has 1 amide bonds. The summed E-state index contributed by atoms with van der Waals surface area (Å²) >= 11 is 0.